The maximum Gasteiger partial charge on any atom is 0.261 e. The number of benzene rings is 10. The number of aldehydes is 1. The van der Waals surface area contributed by atoms with Crippen LogP contribution in [-0.2, 0) is 17.7 Å². The summed E-state index contributed by atoms with van der Waals surface area (Å²) in [6.45, 7) is 39.5. The predicted octanol–water partition coefficient (Wildman–Crippen LogP) is 22.7. The predicted molar refractivity (Wildman–Crippen MR) is 534 cm³/mol. The maximum absolute atomic E-state index is 11.4. The van der Waals surface area contributed by atoms with Gasteiger partial charge < -0.3 is 37.0 Å². The van der Waals surface area contributed by atoms with Crippen molar-refractivity contribution in [1.82, 2.24) is 0 Å². The van der Waals surface area contributed by atoms with E-state index in [-0.39, 0.29) is 20.2 Å². The third-order valence-corrected chi connectivity index (χ3v) is 45.1. The Morgan fingerprint density at radius 3 is 0.836 bits per heavy atom. The van der Waals surface area contributed by atoms with Crippen LogP contribution in [0.5, 0.6) is 11.5 Å². The fourth-order valence-electron chi connectivity index (χ4n) is 17.4. The van der Waals surface area contributed by atoms with E-state index in [4.69, 9.17) is 27.2 Å². The summed E-state index contributed by atoms with van der Waals surface area (Å²) in [5.74, 6) is 1.75. The van der Waals surface area contributed by atoms with Gasteiger partial charge in [0.2, 0.25) is 0 Å². The first-order valence-electron chi connectivity index (χ1n) is 43.9. The fraction of sp³-hybridized carbons (Fsp3) is 0.318. The van der Waals surface area contributed by atoms with E-state index in [2.05, 4.69) is 428 Å². The number of carbonyl (C=O) groups is 1. The first-order chi connectivity index (χ1) is 58.9. The van der Waals surface area contributed by atoms with Gasteiger partial charge in [0.05, 0.1) is 31.3 Å². The van der Waals surface area contributed by atoms with Crippen LogP contribution >= 0.6 is 22.7 Å². The highest BCUT2D eigenvalue weighted by molar-refractivity contribution is 7.14. The van der Waals surface area contributed by atoms with Crippen LogP contribution in [0.1, 0.15) is 166 Å². The zero-order valence-electron chi connectivity index (χ0n) is 74.7. The molecule has 0 saturated carbocycles. The summed E-state index contributed by atoms with van der Waals surface area (Å²) in [6.07, 6.45) is 15.0. The Morgan fingerprint density at radius 1 is 0.295 bits per heavy atom. The minimum absolute atomic E-state index is 0.0502. The van der Waals surface area contributed by atoms with Crippen molar-refractivity contribution >= 4 is 139 Å². The van der Waals surface area contributed by atoms with Crippen LogP contribution in [0.2, 0.25) is 20.2 Å². The Bertz CT molecular complexity index is 4970. The molecule has 0 radical (unpaired) electrons. The van der Waals surface area contributed by atoms with Crippen molar-refractivity contribution < 1.29 is 32.0 Å². The fourth-order valence-corrected chi connectivity index (χ4v) is 37.0. The van der Waals surface area contributed by atoms with Crippen LogP contribution in [0, 0.1) is 0 Å². The van der Waals surface area contributed by atoms with Crippen molar-refractivity contribution in [3.63, 3.8) is 0 Å². The highest BCUT2D eigenvalue weighted by Gasteiger charge is 2.54. The van der Waals surface area contributed by atoms with Crippen LogP contribution in [0.4, 0.5) is 11.4 Å². The Hall–Kier alpha value is -9.34. The standard InChI is InChI=1S/C54H65NO4SSi2.C53H65NO3SSi2/c1-8-37-55(38-41-59-62(54(5,6)7,50-27-17-11-18-28-50)51-29-19-12-20-30-51)45-33-31-44(32-34-46-35-36-47(43-56)60-46)52(42-45)57-39-21-22-40-58-61(53(2,3)4,48-23-13-9-14-24-48)49-25-15-10-16-26-49;1-8-37-54(38-41-57-60(53(5,6)7,49-29-17-11-18-30-49)50-31-19-12-20-32-50)45-35-33-44(34-36-46-24-23-42-58-46)51(43-45)55-39-21-22-40-56-59(52(2,3)4,47-25-13-9-14-26-47)48-27-15-10-16-28-48/h9-20,23-36,42-43H,8,21-22,37-41H2,1-7H3;9-20,23-36,42-43H,8,21-22,37-41H2,1-7H3. The van der Waals surface area contributed by atoms with E-state index in [9.17, 15) is 4.79 Å². The van der Waals surface area contributed by atoms with Crippen molar-refractivity contribution in [2.75, 3.05) is 75.6 Å². The molecule has 0 atom stereocenters. The number of carbonyl (C=O) groups excluding carboxylic acids is 1. The zero-order valence-corrected chi connectivity index (χ0v) is 80.3. The average Bonchev–Trinajstić information content (AvgIpc) is 1.09. The molecular formula is C107H130N2O7S2Si4. The largest absolute Gasteiger partial charge is 0.493 e. The van der Waals surface area contributed by atoms with Crippen LogP contribution < -0.4 is 60.8 Å². The molecule has 0 fully saturated rings. The Morgan fingerprint density at radius 2 is 0.574 bits per heavy atom. The molecule has 0 aliphatic heterocycles. The van der Waals surface area contributed by atoms with Crippen LogP contribution in [-0.4, -0.2) is 105 Å². The molecule has 0 saturated heterocycles. The highest BCUT2D eigenvalue weighted by Crippen LogP contribution is 2.42. The summed E-state index contributed by atoms with van der Waals surface area (Å²) in [7, 11) is -10.5. The van der Waals surface area contributed by atoms with E-state index in [1.165, 1.54) is 57.7 Å². The lowest BCUT2D eigenvalue weighted by molar-refractivity contribution is 0.112. The van der Waals surface area contributed by atoms with Crippen LogP contribution in [0.15, 0.2) is 309 Å². The minimum atomic E-state index is -2.68. The second kappa shape index (κ2) is 44.3. The molecule has 638 valence electrons. The van der Waals surface area contributed by atoms with E-state index >= 15 is 0 Å². The molecule has 0 aliphatic carbocycles. The normalized spacial score (nSPS) is 12.5. The minimum Gasteiger partial charge on any atom is -0.493 e. The van der Waals surface area contributed by atoms with Crippen molar-refractivity contribution in [1.29, 1.82) is 0 Å². The molecule has 0 N–H and O–H groups in total. The smallest absolute Gasteiger partial charge is 0.261 e. The second-order valence-electron chi connectivity index (χ2n) is 35.6. The van der Waals surface area contributed by atoms with Crippen LogP contribution in [0.3, 0.4) is 0 Å². The Labute approximate surface area is 743 Å². The SMILES string of the molecule is CCCN(CCO[Si](c1ccccc1)(c1ccccc1)C(C)(C)C)c1ccc(C=Cc2ccc(C=O)s2)c(OCCCCO[Si](c2ccccc2)(c2ccccc2)C(C)(C)C)c1.CCCN(CCO[Si](c1ccccc1)(c1ccccc1)C(C)(C)C)c1ccc(C=Cc2cccs2)c(OCCCCO[Si](c2ccccc2)(c2ccccc2)C(C)(C)C)c1. The quantitative estimate of drug-likeness (QED) is 0.0211. The van der Waals surface area contributed by atoms with Gasteiger partial charge in [-0.05, 0) is 172 Å². The summed E-state index contributed by atoms with van der Waals surface area (Å²) in [6, 6.07) is 108. The Kier molecular flexibility index (Phi) is 33.9. The lowest BCUT2D eigenvalue weighted by Gasteiger charge is -2.43. The molecule has 9 nitrogen and oxygen atoms in total. The second-order valence-corrected chi connectivity index (χ2v) is 55.0. The molecule has 0 spiro atoms. The van der Waals surface area contributed by atoms with Gasteiger partial charge in [0.1, 0.15) is 11.5 Å². The molecule has 0 bridgehead atoms. The van der Waals surface area contributed by atoms with Crippen molar-refractivity contribution in [2.24, 2.45) is 0 Å². The summed E-state index contributed by atoms with van der Waals surface area (Å²) >= 11 is 3.23. The Balaban J connectivity index is 0.000000238. The topological polar surface area (TPSA) is 78.9 Å². The van der Waals surface area contributed by atoms with Gasteiger partial charge in [-0.1, -0.05) is 346 Å². The number of rotatable bonds is 41. The van der Waals surface area contributed by atoms with Gasteiger partial charge in [-0.25, -0.2) is 0 Å². The summed E-state index contributed by atoms with van der Waals surface area (Å²) in [5, 5.41) is 12.2. The van der Waals surface area contributed by atoms with Gasteiger partial charge in [-0.2, -0.15) is 0 Å². The number of hydrogen-bond acceptors (Lipinski definition) is 11. The molecule has 2 heterocycles. The average molecular weight is 1730 g/mol. The summed E-state index contributed by atoms with van der Waals surface area (Å²) < 4.78 is 42.5. The number of anilines is 2. The van der Waals surface area contributed by atoms with E-state index < -0.39 is 33.3 Å². The van der Waals surface area contributed by atoms with E-state index in [0.717, 1.165) is 110 Å². The highest BCUT2D eigenvalue weighted by atomic mass is 32.1. The lowest BCUT2D eigenvalue weighted by Crippen LogP contribution is -2.67. The first-order valence-corrected chi connectivity index (χ1v) is 53.2. The lowest BCUT2D eigenvalue weighted by atomic mass is 10.1. The molecule has 15 heteroatoms. The summed E-state index contributed by atoms with van der Waals surface area (Å²) in [4.78, 5) is 19.3. The molecule has 12 aromatic rings. The molecule has 122 heavy (non-hydrogen) atoms. The number of nitrogens with zero attached hydrogens (tertiary/aromatic N) is 2. The van der Waals surface area contributed by atoms with Crippen LogP contribution in [0.25, 0.3) is 24.3 Å². The monoisotopic (exact) mass is 1730 g/mol. The first kappa shape index (κ1) is 93.4. The van der Waals surface area contributed by atoms with Crippen molar-refractivity contribution in [2.45, 2.75) is 156 Å². The van der Waals surface area contributed by atoms with E-state index in [0.29, 0.717) is 44.5 Å². The third kappa shape index (κ3) is 23.0. The number of thiophene rings is 2. The third-order valence-electron chi connectivity index (χ3n) is 23.1. The van der Waals surface area contributed by atoms with Crippen molar-refractivity contribution in [3.05, 3.63) is 334 Å². The van der Waals surface area contributed by atoms with Gasteiger partial charge in [0.25, 0.3) is 33.3 Å². The maximum atomic E-state index is 11.4. The van der Waals surface area contributed by atoms with E-state index in [1.54, 1.807) is 11.3 Å². The van der Waals surface area contributed by atoms with E-state index in [1.807, 2.05) is 12.1 Å². The van der Waals surface area contributed by atoms with Gasteiger partial charge >= 0.3 is 0 Å². The molecule has 2 aromatic heterocycles. The number of ether oxygens (including phenoxy) is 2. The molecule has 12 rings (SSSR count). The van der Waals surface area contributed by atoms with Gasteiger partial charge in [0, 0.05) is 83.8 Å². The summed E-state index contributed by atoms with van der Waals surface area (Å²) in [5.41, 5.74) is 4.34. The van der Waals surface area contributed by atoms with Gasteiger partial charge in [0.15, 0.2) is 6.29 Å². The zero-order chi connectivity index (χ0) is 86.5. The molecule has 0 aliphatic rings. The molecule has 10 aromatic carbocycles. The van der Waals surface area contributed by atoms with Crippen molar-refractivity contribution in [3.8, 4) is 11.5 Å². The van der Waals surface area contributed by atoms with Gasteiger partial charge in [-0.15, -0.1) is 22.7 Å². The molecule has 0 unspecified atom stereocenters. The number of unbranched alkanes of at least 4 members (excludes halogenated alkanes) is 2. The molecule has 0 amide bonds. The molecular weight excluding hydrogens is 1600 g/mol. The number of hydrogen-bond donors (Lipinski definition) is 0. The van der Waals surface area contributed by atoms with Gasteiger partial charge in [-0.3, -0.25) is 4.79 Å².